The van der Waals surface area contributed by atoms with Crippen molar-refractivity contribution in [3.05, 3.63) is 104 Å². The summed E-state index contributed by atoms with van der Waals surface area (Å²) in [5, 5.41) is 0. The van der Waals surface area contributed by atoms with Gasteiger partial charge in [0.2, 0.25) is 17.5 Å². The summed E-state index contributed by atoms with van der Waals surface area (Å²) >= 11 is 0. The van der Waals surface area contributed by atoms with E-state index in [1.807, 2.05) is 86.0 Å². The molecule has 2 aromatic carbocycles. The van der Waals surface area contributed by atoms with E-state index in [0.717, 1.165) is 33.9 Å². The first-order valence-corrected chi connectivity index (χ1v) is 9.97. The summed E-state index contributed by atoms with van der Waals surface area (Å²) in [5.41, 5.74) is 4.02. The van der Waals surface area contributed by atoms with Crippen LogP contribution in [0.1, 0.15) is 0 Å². The highest BCUT2D eigenvalue weighted by Gasteiger charge is 2.15. The zero-order chi connectivity index (χ0) is 21.0. The summed E-state index contributed by atoms with van der Waals surface area (Å²) in [6.45, 7) is 0. The van der Waals surface area contributed by atoms with Crippen LogP contribution < -0.4 is 9.30 Å². The zero-order valence-corrected chi connectivity index (χ0v) is 17.0. The third-order valence-electron chi connectivity index (χ3n) is 4.93. The maximum atomic E-state index is 5.99. The molecule has 0 aliphatic carbocycles. The molecule has 150 valence electrons. The van der Waals surface area contributed by atoms with Gasteiger partial charge in [0.05, 0.1) is 11.8 Å². The number of hydrogen-bond donors (Lipinski definition) is 0. The molecule has 3 heterocycles. The van der Waals surface area contributed by atoms with Crippen LogP contribution in [0, 0.1) is 0 Å². The van der Waals surface area contributed by atoms with E-state index in [-0.39, 0.29) is 0 Å². The molecule has 0 N–H and O–H groups in total. The van der Waals surface area contributed by atoms with E-state index in [0.29, 0.717) is 11.8 Å². The second-order valence-corrected chi connectivity index (χ2v) is 7.11. The lowest BCUT2D eigenvalue weighted by Gasteiger charge is -2.06. The SMILES string of the molecule is C[n+]1cc(-c2cnc(-c3ccccc3)o2)ccc1-c1cccc(Oc2ccccn2)c1. The maximum absolute atomic E-state index is 5.99. The number of pyridine rings is 2. The van der Waals surface area contributed by atoms with E-state index in [4.69, 9.17) is 9.15 Å². The fourth-order valence-corrected chi connectivity index (χ4v) is 3.42. The van der Waals surface area contributed by atoms with Crippen molar-refractivity contribution in [2.45, 2.75) is 0 Å². The molecule has 5 nitrogen and oxygen atoms in total. The molecule has 0 saturated heterocycles. The van der Waals surface area contributed by atoms with Gasteiger partial charge in [-0.2, -0.15) is 0 Å². The van der Waals surface area contributed by atoms with Crippen LogP contribution in [0.4, 0.5) is 0 Å². The van der Waals surface area contributed by atoms with Crippen molar-refractivity contribution in [3.8, 4) is 45.7 Å². The molecule has 0 amide bonds. The quantitative estimate of drug-likeness (QED) is 0.352. The lowest BCUT2D eigenvalue weighted by atomic mass is 10.1. The first kappa shape index (κ1) is 18.8. The monoisotopic (exact) mass is 406 g/mol. The van der Waals surface area contributed by atoms with Crippen molar-refractivity contribution >= 4 is 0 Å². The van der Waals surface area contributed by atoms with Gasteiger partial charge >= 0.3 is 0 Å². The van der Waals surface area contributed by atoms with Crippen LogP contribution in [-0.2, 0) is 7.05 Å². The van der Waals surface area contributed by atoms with Crippen molar-refractivity contribution in [2.24, 2.45) is 7.05 Å². The second-order valence-electron chi connectivity index (χ2n) is 7.11. The van der Waals surface area contributed by atoms with Crippen LogP contribution in [-0.4, -0.2) is 9.97 Å². The van der Waals surface area contributed by atoms with Crippen molar-refractivity contribution < 1.29 is 13.7 Å². The van der Waals surface area contributed by atoms with Crippen LogP contribution in [0.3, 0.4) is 0 Å². The zero-order valence-electron chi connectivity index (χ0n) is 17.0. The number of oxazole rings is 1. The van der Waals surface area contributed by atoms with E-state index >= 15 is 0 Å². The summed E-state index contributed by atoms with van der Waals surface area (Å²) in [6, 6.07) is 27.6. The molecule has 0 unspecified atom stereocenters. The van der Waals surface area contributed by atoms with Gasteiger partial charge in [-0.25, -0.2) is 14.5 Å². The van der Waals surface area contributed by atoms with Gasteiger partial charge in [0.1, 0.15) is 12.8 Å². The third-order valence-corrected chi connectivity index (χ3v) is 4.93. The van der Waals surface area contributed by atoms with Crippen molar-refractivity contribution in [1.82, 2.24) is 9.97 Å². The molecule has 0 fully saturated rings. The largest absolute Gasteiger partial charge is 0.439 e. The van der Waals surface area contributed by atoms with Crippen LogP contribution >= 0.6 is 0 Å². The van der Waals surface area contributed by atoms with Crippen LogP contribution in [0.25, 0.3) is 34.0 Å². The third kappa shape index (κ3) is 4.07. The standard InChI is InChI=1S/C26H20N3O2/c1-29-18-21(24-17-28-26(31-24)19-8-3-2-4-9-19)13-14-23(29)20-10-7-11-22(16-20)30-25-12-5-6-15-27-25/h2-18H,1H3/q+1. The van der Waals surface area contributed by atoms with Crippen LogP contribution in [0.2, 0.25) is 0 Å². The van der Waals surface area contributed by atoms with Crippen molar-refractivity contribution in [2.75, 3.05) is 0 Å². The van der Waals surface area contributed by atoms with Gasteiger partial charge in [-0.15, -0.1) is 0 Å². The van der Waals surface area contributed by atoms with E-state index in [1.54, 1.807) is 12.4 Å². The highest BCUT2D eigenvalue weighted by molar-refractivity contribution is 5.63. The Bertz CT molecular complexity index is 1320. The average molecular weight is 406 g/mol. The Labute approximate surface area is 180 Å². The smallest absolute Gasteiger partial charge is 0.226 e. The number of ether oxygens (including phenoxy) is 1. The average Bonchev–Trinajstić information content (AvgIpc) is 3.31. The summed E-state index contributed by atoms with van der Waals surface area (Å²) in [4.78, 5) is 8.65. The summed E-state index contributed by atoms with van der Waals surface area (Å²) in [7, 11) is 2.01. The molecule has 0 bridgehead atoms. The highest BCUT2D eigenvalue weighted by Crippen LogP contribution is 2.28. The van der Waals surface area contributed by atoms with Gasteiger partial charge in [-0.05, 0) is 42.5 Å². The molecule has 0 spiro atoms. The van der Waals surface area contributed by atoms with E-state index < -0.39 is 0 Å². The Morgan fingerprint density at radius 1 is 0.774 bits per heavy atom. The van der Waals surface area contributed by atoms with Crippen molar-refractivity contribution in [3.63, 3.8) is 0 Å². The van der Waals surface area contributed by atoms with E-state index in [1.165, 1.54) is 0 Å². The molecule has 0 atom stereocenters. The lowest BCUT2D eigenvalue weighted by molar-refractivity contribution is -0.659. The molecular formula is C26H20N3O2+. The summed E-state index contributed by atoms with van der Waals surface area (Å²) in [5.74, 6) is 2.65. The van der Waals surface area contributed by atoms with E-state index in [9.17, 15) is 0 Å². The molecule has 0 aliphatic rings. The topological polar surface area (TPSA) is 52.0 Å². The minimum atomic E-state index is 0.568. The number of hydrogen-bond acceptors (Lipinski definition) is 4. The van der Waals surface area contributed by atoms with Gasteiger partial charge in [-0.3, -0.25) is 0 Å². The molecule has 3 aromatic heterocycles. The molecule has 0 radical (unpaired) electrons. The summed E-state index contributed by atoms with van der Waals surface area (Å²) < 4.78 is 13.9. The number of rotatable bonds is 5. The lowest BCUT2D eigenvalue weighted by Crippen LogP contribution is -2.30. The predicted octanol–water partition coefficient (Wildman–Crippen LogP) is 5.69. The maximum Gasteiger partial charge on any atom is 0.226 e. The van der Waals surface area contributed by atoms with Gasteiger partial charge in [0.15, 0.2) is 12.0 Å². The molecule has 0 aliphatic heterocycles. The Morgan fingerprint density at radius 2 is 1.61 bits per heavy atom. The summed E-state index contributed by atoms with van der Waals surface area (Å²) in [6.07, 6.45) is 5.51. The Morgan fingerprint density at radius 3 is 2.42 bits per heavy atom. The minimum absolute atomic E-state index is 0.568. The normalized spacial score (nSPS) is 10.7. The molecule has 5 rings (SSSR count). The Hall–Kier alpha value is -4.25. The van der Waals surface area contributed by atoms with Gasteiger partial charge < -0.3 is 9.15 Å². The van der Waals surface area contributed by atoms with Crippen LogP contribution in [0.15, 0.2) is 108 Å². The second kappa shape index (κ2) is 8.24. The molecule has 0 saturated carbocycles. The molecular weight excluding hydrogens is 386 g/mol. The number of benzene rings is 2. The van der Waals surface area contributed by atoms with Gasteiger partial charge in [-0.1, -0.05) is 30.3 Å². The predicted molar refractivity (Wildman–Crippen MR) is 118 cm³/mol. The number of aromatic nitrogens is 3. The Balaban J connectivity index is 1.41. The first-order chi connectivity index (χ1) is 15.3. The van der Waals surface area contributed by atoms with Crippen LogP contribution in [0.5, 0.6) is 11.6 Å². The minimum Gasteiger partial charge on any atom is -0.439 e. The number of aryl methyl sites for hydroxylation is 1. The molecule has 5 heteroatoms. The van der Waals surface area contributed by atoms with Crippen molar-refractivity contribution in [1.29, 1.82) is 0 Å². The molecule has 5 aromatic rings. The van der Waals surface area contributed by atoms with Gasteiger partial charge in [0, 0.05) is 29.5 Å². The van der Waals surface area contributed by atoms with E-state index in [2.05, 4.69) is 26.7 Å². The fraction of sp³-hybridized carbons (Fsp3) is 0.0385. The van der Waals surface area contributed by atoms with Gasteiger partial charge in [0.25, 0.3) is 0 Å². The highest BCUT2D eigenvalue weighted by atomic mass is 16.5. The molecule has 31 heavy (non-hydrogen) atoms. The number of nitrogens with zero attached hydrogens (tertiary/aromatic N) is 3. The Kier molecular flexibility index (Phi) is 4.99. The first-order valence-electron chi connectivity index (χ1n) is 9.97. The fourth-order valence-electron chi connectivity index (χ4n) is 3.42.